The van der Waals surface area contributed by atoms with Crippen molar-refractivity contribution in [3.63, 3.8) is 0 Å². The van der Waals surface area contributed by atoms with E-state index >= 15 is 0 Å². The number of rotatable bonds is 7. The van der Waals surface area contributed by atoms with Gasteiger partial charge in [-0.3, -0.25) is 0 Å². The number of halogens is 2. The molecule has 1 aromatic heterocycles. The van der Waals surface area contributed by atoms with Gasteiger partial charge in [-0.25, -0.2) is 18.7 Å². The van der Waals surface area contributed by atoms with Gasteiger partial charge in [0.25, 0.3) is 0 Å². The number of anilines is 2. The normalized spacial score (nSPS) is 11.6. The summed E-state index contributed by atoms with van der Waals surface area (Å²) in [5, 5.41) is 16.0. The quantitative estimate of drug-likeness (QED) is 0.483. The average molecular weight is 410 g/mol. The van der Waals surface area contributed by atoms with Crippen LogP contribution in [0.3, 0.4) is 0 Å². The van der Waals surface area contributed by atoms with E-state index < -0.39 is 11.6 Å². The summed E-state index contributed by atoms with van der Waals surface area (Å²) >= 11 is 0. The van der Waals surface area contributed by atoms with Crippen molar-refractivity contribution in [3.8, 4) is 5.75 Å². The zero-order chi connectivity index (χ0) is 21.7. The molecule has 0 bridgehead atoms. The number of phenols is 1. The molecular weight excluding hydrogens is 386 g/mol. The minimum atomic E-state index is -0.625. The van der Waals surface area contributed by atoms with Gasteiger partial charge in [0.1, 0.15) is 35.3 Å². The molecule has 7 heteroatoms. The van der Waals surface area contributed by atoms with Crippen LogP contribution < -0.4 is 10.6 Å². The first-order chi connectivity index (χ1) is 14.3. The van der Waals surface area contributed by atoms with E-state index in [9.17, 15) is 13.9 Å². The highest BCUT2D eigenvalue weighted by atomic mass is 19.1. The van der Waals surface area contributed by atoms with Crippen molar-refractivity contribution in [2.45, 2.75) is 33.4 Å². The highest BCUT2D eigenvalue weighted by Gasteiger charge is 2.12. The Hall–Kier alpha value is -3.48. The Morgan fingerprint density at radius 3 is 2.30 bits per heavy atom. The summed E-state index contributed by atoms with van der Waals surface area (Å²) in [5.41, 5.74) is 3.07. The molecule has 0 spiro atoms. The van der Waals surface area contributed by atoms with E-state index in [-0.39, 0.29) is 18.3 Å². The molecule has 2 aromatic carbocycles. The standard InChI is InChI=1S/C23H24F2N4O/c1-14(2)29-23-21(8-15(3)17-4-6-20(30)7-5-17)22(27-13-28-23)26-12-16-9-18(24)11-19(25)10-16/h4-11,13-14,30H,12H2,1-3H3,(H2,26,27,28,29)/b15-8+. The number of allylic oxidation sites excluding steroid dienone is 1. The molecule has 5 nitrogen and oxygen atoms in total. The van der Waals surface area contributed by atoms with E-state index in [0.29, 0.717) is 17.2 Å². The molecule has 0 saturated heterocycles. The van der Waals surface area contributed by atoms with Crippen LogP contribution >= 0.6 is 0 Å². The summed E-state index contributed by atoms with van der Waals surface area (Å²) in [6, 6.07) is 10.4. The van der Waals surface area contributed by atoms with E-state index in [1.807, 2.05) is 39.0 Å². The topological polar surface area (TPSA) is 70.1 Å². The van der Waals surface area contributed by atoms with Crippen molar-refractivity contribution >= 4 is 23.3 Å². The second kappa shape index (κ2) is 9.35. The zero-order valence-electron chi connectivity index (χ0n) is 17.1. The maximum Gasteiger partial charge on any atom is 0.139 e. The molecule has 156 valence electrons. The molecule has 30 heavy (non-hydrogen) atoms. The van der Waals surface area contributed by atoms with Gasteiger partial charge in [0.15, 0.2) is 0 Å². The number of aromatic hydroxyl groups is 1. The summed E-state index contributed by atoms with van der Waals surface area (Å²) in [7, 11) is 0. The Kier molecular flexibility index (Phi) is 6.61. The second-order valence-electron chi connectivity index (χ2n) is 7.29. The van der Waals surface area contributed by atoms with Crippen LogP contribution in [0.5, 0.6) is 5.75 Å². The molecule has 0 aliphatic heterocycles. The van der Waals surface area contributed by atoms with E-state index in [0.717, 1.165) is 22.8 Å². The molecule has 1 heterocycles. The fraction of sp³-hybridized carbons (Fsp3) is 0.217. The van der Waals surface area contributed by atoms with Crippen LogP contribution in [0.15, 0.2) is 48.8 Å². The first-order valence-corrected chi connectivity index (χ1v) is 9.60. The maximum absolute atomic E-state index is 13.5. The molecule has 0 atom stereocenters. The predicted octanol–water partition coefficient (Wildman–Crippen LogP) is 5.45. The summed E-state index contributed by atoms with van der Waals surface area (Å²) in [6.07, 6.45) is 3.37. The Bertz CT molecular complexity index is 1030. The molecule has 0 saturated carbocycles. The number of phenolic OH excluding ortho intramolecular Hbond substituents is 1. The highest BCUT2D eigenvalue weighted by Crippen LogP contribution is 2.28. The molecule has 0 fully saturated rings. The number of benzene rings is 2. The largest absolute Gasteiger partial charge is 0.508 e. The maximum atomic E-state index is 13.5. The third-order valence-electron chi connectivity index (χ3n) is 4.38. The minimum absolute atomic E-state index is 0.145. The minimum Gasteiger partial charge on any atom is -0.508 e. The monoisotopic (exact) mass is 410 g/mol. The van der Waals surface area contributed by atoms with Crippen molar-refractivity contribution in [1.29, 1.82) is 0 Å². The van der Waals surface area contributed by atoms with Gasteiger partial charge in [-0.05, 0) is 67.8 Å². The second-order valence-corrected chi connectivity index (χ2v) is 7.29. The first-order valence-electron chi connectivity index (χ1n) is 9.60. The molecule has 0 amide bonds. The molecule has 3 aromatic rings. The van der Waals surface area contributed by atoms with E-state index in [1.165, 1.54) is 18.5 Å². The number of nitrogens with zero attached hydrogens (tertiary/aromatic N) is 2. The number of aromatic nitrogens is 2. The Morgan fingerprint density at radius 2 is 1.67 bits per heavy atom. The molecule has 0 radical (unpaired) electrons. The van der Waals surface area contributed by atoms with Crippen molar-refractivity contribution in [2.75, 3.05) is 10.6 Å². The highest BCUT2D eigenvalue weighted by molar-refractivity contribution is 5.87. The van der Waals surface area contributed by atoms with Crippen LogP contribution in [0.25, 0.3) is 11.6 Å². The number of hydrogen-bond donors (Lipinski definition) is 3. The van der Waals surface area contributed by atoms with Gasteiger partial charge in [0.05, 0.1) is 5.56 Å². The van der Waals surface area contributed by atoms with Crippen molar-refractivity contribution in [1.82, 2.24) is 9.97 Å². The van der Waals surface area contributed by atoms with Crippen molar-refractivity contribution in [3.05, 3.63) is 77.1 Å². The predicted molar refractivity (Wildman–Crippen MR) is 116 cm³/mol. The third kappa shape index (κ3) is 5.53. The Balaban J connectivity index is 1.96. The lowest BCUT2D eigenvalue weighted by atomic mass is 10.0. The summed E-state index contributed by atoms with van der Waals surface area (Å²) < 4.78 is 27.0. The SMILES string of the molecule is C/C(=C\c1c(NCc2cc(F)cc(F)c2)ncnc1NC(C)C)c1ccc(O)cc1. The van der Waals surface area contributed by atoms with Crippen molar-refractivity contribution < 1.29 is 13.9 Å². The van der Waals surface area contributed by atoms with Crippen LogP contribution in [0.4, 0.5) is 20.4 Å². The summed E-state index contributed by atoms with van der Waals surface area (Å²) in [5.74, 6) is 0.128. The average Bonchev–Trinajstić information content (AvgIpc) is 2.67. The van der Waals surface area contributed by atoms with Gasteiger partial charge < -0.3 is 15.7 Å². The molecule has 0 unspecified atom stereocenters. The molecule has 3 rings (SSSR count). The van der Waals surface area contributed by atoms with E-state index in [1.54, 1.807) is 12.1 Å². The summed E-state index contributed by atoms with van der Waals surface area (Å²) in [4.78, 5) is 8.69. The lowest BCUT2D eigenvalue weighted by Gasteiger charge is -2.16. The van der Waals surface area contributed by atoms with Gasteiger partial charge in [0.2, 0.25) is 0 Å². The lowest BCUT2D eigenvalue weighted by molar-refractivity contribution is 0.475. The lowest BCUT2D eigenvalue weighted by Crippen LogP contribution is -2.14. The first kappa shape index (κ1) is 21.2. The van der Waals surface area contributed by atoms with Gasteiger partial charge in [-0.15, -0.1) is 0 Å². The molecule has 3 N–H and O–H groups in total. The molecular formula is C23H24F2N4O. The van der Waals surface area contributed by atoms with Crippen LogP contribution in [0.1, 0.15) is 37.5 Å². The molecule has 0 aliphatic carbocycles. The van der Waals surface area contributed by atoms with Crippen LogP contribution in [-0.4, -0.2) is 21.1 Å². The fourth-order valence-electron chi connectivity index (χ4n) is 2.98. The van der Waals surface area contributed by atoms with Gasteiger partial charge in [-0.1, -0.05) is 12.1 Å². The van der Waals surface area contributed by atoms with Gasteiger partial charge >= 0.3 is 0 Å². The smallest absolute Gasteiger partial charge is 0.139 e. The Morgan fingerprint density at radius 1 is 1.03 bits per heavy atom. The van der Waals surface area contributed by atoms with Gasteiger partial charge in [-0.2, -0.15) is 0 Å². The summed E-state index contributed by atoms with van der Waals surface area (Å²) in [6.45, 7) is 6.16. The van der Waals surface area contributed by atoms with E-state index in [4.69, 9.17) is 0 Å². The van der Waals surface area contributed by atoms with E-state index in [2.05, 4.69) is 20.6 Å². The van der Waals surface area contributed by atoms with Crippen LogP contribution in [0.2, 0.25) is 0 Å². The van der Waals surface area contributed by atoms with Crippen LogP contribution in [0, 0.1) is 11.6 Å². The Labute approximate surface area is 174 Å². The third-order valence-corrected chi connectivity index (χ3v) is 4.38. The zero-order valence-corrected chi connectivity index (χ0v) is 17.1. The number of nitrogens with one attached hydrogen (secondary N) is 2. The fourth-order valence-corrected chi connectivity index (χ4v) is 2.98. The van der Waals surface area contributed by atoms with Gasteiger partial charge in [0, 0.05) is 18.7 Å². The van der Waals surface area contributed by atoms with Crippen molar-refractivity contribution in [2.24, 2.45) is 0 Å². The number of hydrogen-bond acceptors (Lipinski definition) is 5. The van der Waals surface area contributed by atoms with Crippen LogP contribution in [-0.2, 0) is 6.54 Å². The molecule has 0 aliphatic rings.